The van der Waals surface area contributed by atoms with Crippen molar-refractivity contribution in [3.05, 3.63) is 42.5 Å². The summed E-state index contributed by atoms with van der Waals surface area (Å²) in [6, 6.07) is 11.9. The van der Waals surface area contributed by atoms with Crippen molar-refractivity contribution in [3.63, 3.8) is 0 Å². The number of ether oxygens (including phenoxy) is 2. The van der Waals surface area contributed by atoms with E-state index in [1.54, 1.807) is 34.1 Å². The molecule has 1 saturated carbocycles. The van der Waals surface area contributed by atoms with E-state index in [2.05, 4.69) is 5.32 Å². The first-order valence-electron chi connectivity index (χ1n) is 16.2. The van der Waals surface area contributed by atoms with E-state index in [1.165, 1.54) is 51.9 Å². The summed E-state index contributed by atoms with van der Waals surface area (Å²) in [7, 11) is -1.98. The third kappa shape index (κ3) is 7.07. The van der Waals surface area contributed by atoms with Gasteiger partial charge in [0.15, 0.2) is 16.1 Å². The van der Waals surface area contributed by atoms with Crippen LogP contribution in [0.25, 0.3) is 11.1 Å². The summed E-state index contributed by atoms with van der Waals surface area (Å²) < 4.78 is 35.5. The Morgan fingerprint density at radius 1 is 0.818 bits per heavy atom. The number of amides is 2. The minimum atomic E-state index is -3.33. The van der Waals surface area contributed by atoms with E-state index in [-0.39, 0.29) is 29.1 Å². The fourth-order valence-electron chi connectivity index (χ4n) is 7.25. The van der Waals surface area contributed by atoms with Crippen LogP contribution in [-0.2, 0) is 19.3 Å². The molecule has 2 aromatic rings. The molecule has 1 aliphatic carbocycles. The van der Waals surface area contributed by atoms with Gasteiger partial charge >= 0.3 is 12.2 Å². The molecule has 9 nitrogen and oxygen atoms in total. The number of hydrogen-bond acceptors (Lipinski definition) is 7. The minimum absolute atomic E-state index is 0.0796. The summed E-state index contributed by atoms with van der Waals surface area (Å²) >= 11 is 0. The van der Waals surface area contributed by atoms with Crippen molar-refractivity contribution in [2.75, 3.05) is 36.3 Å². The molecular formula is C34H47N3O6S. The number of methoxy groups -OCH3 is 1. The number of hydrogen-bond donors (Lipinski definition) is 1. The van der Waals surface area contributed by atoms with Crippen LogP contribution < -0.4 is 15.1 Å². The SMILES string of the molecule is COC(=O)N1c2ccc(-c3ccc(S(C)(=O)=O)cc3)cc2N(C(=O)OC2NCCCC23CCCCCCCCCC3)C[C@@H]1C. The first kappa shape index (κ1) is 32.3. The van der Waals surface area contributed by atoms with Crippen LogP contribution in [0.3, 0.4) is 0 Å². The molecule has 2 atom stereocenters. The maximum atomic E-state index is 14.1. The molecule has 240 valence electrons. The summed E-state index contributed by atoms with van der Waals surface area (Å²) in [5.74, 6) is 0. The highest BCUT2D eigenvalue weighted by Gasteiger charge is 2.44. The monoisotopic (exact) mass is 625 g/mol. The second-order valence-corrected chi connectivity index (χ2v) is 14.8. The average molecular weight is 626 g/mol. The molecule has 5 rings (SSSR count). The van der Waals surface area contributed by atoms with Crippen molar-refractivity contribution in [2.24, 2.45) is 5.41 Å². The summed E-state index contributed by atoms with van der Waals surface area (Å²) in [6.45, 7) is 2.95. The average Bonchev–Trinajstić information content (AvgIpc) is 3.06. The predicted octanol–water partition coefficient (Wildman–Crippen LogP) is 7.29. The topological polar surface area (TPSA) is 105 Å². The van der Waals surface area contributed by atoms with E-state index in [0.29, 0.717) is 11.4 Å². The number of nitrogens with one attached hydrogen (secondary N) is 1. The van der Waals surface area contributed by atoms with Crippen LogP contribution in [0.1, 0.15) is 84.0 Å². The number of sulfone groups is 1. The van der Waals surface area contributed by atoms with E-state index >= 15 is 0 Å². The molecule has 44 heavy (non-hydrogen) atoms. The van der Waals surface area contributed by atoms with Gasteiger partial charge in [-0.1, -0.05) is 69.6 Å². The molecule has 1 spiro atoms. The zero-order valence-electron chi connectivity index (χ0n) is 26.3. The van der Waals surface area contributed by atoms with Crippen LogP contribution in [0, 0.1) is 5.41 Å². The quantitative estimate of drug-likeness (QED) is 0.382. The molecule has 0 bridgehead atoms. The molecule has 2 heterocycles. The summed E-state index contributed by atoms with van der Waals surface area (Å²) in [5.41, 5.74) is 2.61. The Labute approximate surface area is 262 Å². The number of carbonyl (C=O) groups is 2. The van der Waals surface area contributed by atoms with Gasteiger partial charge in [-0.05, 0) is 74.5 Å². The molecule has 1 saturated heterocycles. The van der Waals surface area contributed by atoms with E-state index in [9.17, 15) is 18.0 Å². The van der Waals surface area contributed by atoms with Gasteiger partial charge in [0.2, 0.25) is 0 Å². The molecular weight excluding hydrogens is 578 g/mol. The first-order chi connectivity index (χ1) is 21.1. The van der Waals surface area contributed by atoms with Gasteiger partial charge in [-0.15, -0.1) is 0 Å². The number of piperidine rings is 1. The minimum Gasteiger partial charge on any atom is -0.452 e. The Morgan fingerprint density at radius 3 is 2.02 bits per heavy atom. The Bertz CT molecular complexity index is 1410. The standard InChI is InChI=1S/C34H47N3O6S/c1-25-24-36(32(38)43-31-34(21-12-22-35-31)19-10-8-6-4-5-7-9-11-20-34)30-23-27(15-18-29(30)37(25)33(39)42-2)26-13-16-28(17-14-26)44(3,40)41/h13-18,23,25,31,35H,4-12,19-22,24H2,1-3H3/t25-,31?/m0/s1. The lowest BCUT2D eigenvalue weighted by Crippen LogP contribution is -2.56. The normalized spacial score (nSPS) is 22.9. The number of anilines is 2. The van der Waals surface area contributed by atoms with Crippen LogP contribution >= 0.6 is 0 Å². The zero-order valence-corrected chi connectivity index (χ0v) is 27.2. The maximum Gasteiger partial charge on any atom is 0.416 e. The number of fused-ring (bicyclic) bond motifs is 1. The van der Waals surface area contributed by atoms with Crippen molar-refractivity contribution in [1.29, 1.82) is 0 Å². The maximum absolute atomic E-state index is 14.1. The number of benzene rings is 2. The number of rotatable bonds is 3. The van der Waals surface area contributed by atoms with Gasteiger partial charge in [0.25, 0.3) is 0 Å². The van der Waals surface area contributed by atoms with Crippen LogP contribution in [0.15, 0.2) is 47.4 Å². The van der Waals surface area contributed by atoms with E-state index in [1.807, 2.05) is 25.1 Å². The van der Waals surface area contributed by atoms with E-state index in [0.717, 1.165) is 56.2 Å². The highest BCUT2D eigenvalue weighted by molar-refractivity contribution is 7.90. The van der Waals surface area contributed by atoms with Gasteiger partial charge < -0.3 is 9.47 Å². The van der Waals surface area contributed by atoms with Gasteiger partial charge in [0.1, 0.15) is 0 Å². The third-order valence-corrected chi connectivity index (χ3v) is 10.8. The van der Waals surface area contributed by atoms with Crippen molar-refractivity contribution in [2.45, 2.75) is 101 Å². The fourth-order valence-corrected chi connectivity index (χ4v) is 7.88. The van der Waals surface area contributed by atoms with E-state index in [4.69, 9.17) is 9.47 Å². The molecule has 2 fully saturated rings. The third-order valence-electron chi connectivity index (χ3n) is 9.68. The van der Waals surface area contributed by atoms with Crippen molar-refractivity contribution in [1.82, 2.24) is 5.32 Å². The molecule has 0 aromatic heterocycles. The molecule has 2 aromatic carbocycles. The molecule has 2 amide bonds. The summed E-state index contributed by atoms with van der Waals surface area (Å²) in [5, 5.41) is 3.57. The summed E-state index contributed by atoms with van der Waals surface area (Å²) in [6.07, 6.45) is 14.0. The molecule has 2 aliphatic heterocycles. The van der Waals surface area contributed by atoms with Crippen LogP contribution in [0.4, 0.5) is 21.0 Å². The van der Waals surface area contributed by atoms with E-state index < -0.39 is 22.0 Å². The first-order valence-corrected chi connectivity index (χ1v) is 18.1. The molecule has 10 heteroatoms. The number of nitrogens with zero attached hydrogens (tertiary/aromatic N) is 2. The largest absolute Gasteiger partial charge is 0.452 e. The lowest BCUT2D eigenvalue weighted by molar-refractivity contribution is -0.0501. The van der Waals surface area contributed by atoms with Gasteiger partial charge in [0, 0.05) is 11.7 Å². The van der Waals surface area contributed by atoms with Crippen LogP contribution in [-0.4, -0.2) is 59.3 Å². The Hall–Kier alpha value is -3.11. The summed E-state index contributed by atoms with van der Waals surface area (Å²) in [4.78, 5) is 30.5. The van der Waals surface area contributed by atoms with Crippen LogP contribution in [0.5, 0.6) is 0 Å². The molecule has 0 radical (unpaired) electrons. The number of carbonyl (C=O) groups excluding carboxylic acids is 2. The molecule has 1 unspecified atom stereocenters. The second-order valence-electron chi connectivity index (χ2n) is 12.8. The zero-order chi connectivity index (χ0) is 31.3. The van der Waals surface area contributed by atoms with Gasteiger partial charge in [0.05, 0.1) is 36.0 Å². The van der Waals surface area contributed by atoms with Crippen molar-refractivity contribution < 1.29 is 27.5 Å². The lowest BCUT2D eigenvalue weighted by Gasteiger charge is -2.46. The molecule has 1 N–H and O–H groups in total. The Kier molecular flexibility index (Phi) is 10.2. The highest BCUT2D eigenvalue weighted by atomic mass is 32.2. The fraction of sp³-hybridized carbons (Fsp3) is 0.588. The smallest absolute Gasteiger partial charge is 0.416 e. The Morgan fingerprint density at radius 2 is 1.41 bits per heavy atom. The van der Waals surface area contributed by atoms with Crippen molar-refractivity contribution in [3.8, 4) is 11.1 Å². The van der Waals surface area contributed by atoms with Gasteiger partial charge in [-0.2, -0.15) is 0 Å². The second kappa shape index (κ2) is 13.9. The Balaban J connectivity index is 1.46. The molecule has 3 aliphatic rings. The predicted molar refractivity (Wildman–Crippen MR) is 173 cm³/mol. The lowest BCUT2D eigenvalue weighted by atomic mass is 9.71. The highest BCUT2D eigenvalue weighted by Crippen LogP contribution is 2.44. The van der Waals surface area contributed by atoms with Crippen molar-refractivity contribution >= 4 is 33.4 Å². The van der Waals surface area contributed by atoms with Crippen LogP contribution in [0.2, 0.25) is 0 Å². The van der Waals surface area contributed by atoms with Gasteiger partial charge in [-0.25, -0.2) is 18.0 Å². The van der Waals surface area contributed by atoms with Gasteiger partial charge in [-0.3, -0.25) is 15.1 Å².